The van der Waals surface area contributed by atoms with Crippen molar-refractivity contribution in [2.75, 3.05) is 7.11 Å². The predicted octanol–water partition coefficient (Wildman–Crippen LogP) is 2.56. The van der Waals surface area contributed by atoms with Gasteiger partial charge in [0.05, 0.1) is 18.4 Å². The van der Waals surface area contributed by atoms with Crippen molar-refractivity contribution in [1.29, 1.82) is 0 Å². The highest BCUT2D eigenvalue weighted by Gasteiger charge is 2.09. The van der Waals surface area contributed by atoms with E-state index >= 15 is 0 Å². The van der Waals surface area contributed by atoms with Crippen LogP contribution in [0.1, 0.15) is 5.56 Å². The number of hydrogen-bond donors (Lipinski definition) is 1. The van der Waals surface area contributed by atoms with Crippen LogP contribution in [0.15, 0.2) is 16.0 Å². The van der Waals surface area contributed by atoms with Gasteiger partial charge in [-0.3, -0.25) is 0 Å². The van der Waals surface area contributed by atoms with Gasteiger partial charge in [-0.2, -0.15) is 0 Å². The lowest BCUT2D eigenvalue weighted by Gasteiger charge is -2.02. The summed E-state index contributed by atoms with van der Waals surface area (Å²) in [6.07, 6.45) is 0. The first kappa shape index (κ1) is 9.89. The Hall–Kier alpha value is -0.650. The molecule has 0 aliphatic heterocycles. The van der Waals surface area contributed by atoms with Gasteiger partial charge in [0.1, 0.15) is 11.3 Å². The van der Waals surface area contributed by atoms with Crippen LogP contribution in [0.2, 0.25) is 0 Å². The van der Waals surface area contributed by atoms with Crippen molar-refractivity contribution < 1.29 is 9.84 Å². The van der Waals surface area contributed by atoms with Crippen LogP contribution < -0.4 is 4.74 Å². The van der Waals surface area contributed by atoms with Crippen molar-refractivity contribution in [3.05, 3.63) is 21.6 Å². The number of rotatable bonds is 2. The molecule has 1 N–H and O–H groups in total. The fraction of sp³-hybridized carbons (Fsp3) is 0.222. The van der Waals surface area contributed by atoms with E-state index < -0.39 is 0 Å². The van der Waals surface area contributed by atoms with E-state index in [1.807, 2.05) is 6.07 Å². The predicted molar refractivity (Wildman–Crippen MR) is 59.8 cm³/mol. The number of aromatic nitrogens is 1. The van der Waals surface area contributed by atoms with Crippen LogP contribution in [0.3, 0.4) is 0 Å². The molecule has 0 saturated carbocycles. The molecule has 14 heavy (non-hydrogen) atoms. The number of ether oxygens (including phenoxy) is 1. The molecular formula is C9H8BrNO2S. The number of hydrogen-bond acceptors (Lipinski definition) is 4. The number of methoxy groups -OCH3 is 1. The van der Waals surface area contributed by atoms with E-state index in [1.54, 1.807) is 13.2 Å². The van der Waals surface area contributed by atoms with Crippen molar-refractivity contribution in [3.8, 4) is 5.75 Å². The minimum Gasteiger partial charge on any atom is -0.494 e. The first-order valence-corrected chi connectivity index (χ1v) is 5.59. The van der Waals surface area contributed by atoms with Gasteiger partial charge in [0.15, 0.2) is 3.92 Å². The van der Waals surface area contributed by atoms with Gasteiger partial charge in [-0.05, 0) is 33.6 Å². The van der Waals surface area contributed by atoms with Crippen molar-refractivity contribution in [2.24, 2.45) is 0 Å². The molecule has 0 unspecified atom stereocenters. The molecule has 2 rings (SSSR count). The molecule has 0 amide bonds. The van der Waals surface area contributed by atoms with E-state index in [-0.39, 0.29) is 6.61 Å². The number of halogens is 1. The fourth-order valence-electron chi connectivity index (χ4n) is 1.27. The van der Waals surface area contributed by atoms with Crippen LogP contribution in [0.5, 0.6) is 5.75 Å². The summed E-state index contributed by atoms with van der Waals surface area (Å²) in [4.78, 5) is 4.29. The second kappa shape index (κ2) is 3.84. The number of benzene rings is 1. The summed E-state index contributed by atoms with van der Waals surface area (Å²) in [6, 6.07) is 3.72. The maximum absolute atomic E-state index is 9.04. The third kappa shape index (κ3) is 1.63. The zero-order valence-corrected chi connectivity index (χ0v) is 9.85. The molecule has 5 heteroatoms. The van der Waals surface area contributed by atoms with E-state index in [0.717, 1.165) is 19.7 Å². The number of aliphatic hydroxyl groups excluding tert-OH is 1. The Kier molecular flexibility index (Phi) is 2.71. The lowest BCUT2D eigenvalue weighted by atomic mass is 10.2. The van der Waals surface area contributed by atoms with Gasteiger partial charge in [-0.1, -0.05) is 0 Å². The van der Waals surface area contributed by atoms with Crippen LogP contribution >= 0.6 is 27.3 Å². The first-order chi connectivity index (χ1) is 6.74. The summed E-state index contributed by atoms with van der Waals surface area (Å²) in [5.74, 6) is 0.702. The summed E-state index contributed by atoms with van der Waals surface area (Å²) in [6.45, 7) is 0.0157. The Morgan fingerprint density at radius 3 is 3.00 bits per heavy atom. The van der Waals surface area contributed by atoms with E-state index in [9.17, 15) is 0 Å². The van der Waals surface area contributed by atoms with Gasteiger partial charge in [-0.15, -0.1) is 11.3 Å². The highest BCUT2D eigenvalue weighted by molar-refractivity contribution is 9.11. The third-order valence-corrected chi connectivity index (χ3v) is 3.35. The molecule has 3 nitrogen and oxygen atoms in total. The van der Waals surface area contributed by atoms with Crippen LogP contribution in [0.4, 0.5) is 0 Å². The monoisotopic (exact) mass is 273 g/mol. The summed E-state index contributed by atoms with van der Waals surface area (Å²) in [5, 5.41) is 9.04. The fourth-order valence-corrected chi connectivity index (χ4v) is 2.75. The van der Waals surface area contributed by atoms with Crippen molar-refractivity contribution in [1.82, 2.24) is 4.98 Å². The number of fused-ring (bicyclic) bond motifs is 1. The first-order valence-electron chi connectivity index (χ1n) is 3.98. The van der Waals surface area contributed by atoms with Crippen LogP contribution in [0, 0.1) is 0 Å². The van der Waals surface area contributed by atoms with Gasteiger partial charge in [0.2, 0.25) is 0 Å². The quantitative estimate of drug-likeness (QED) is 0.915. The summed E-state index contributed by atoms with van der Waals surface area (Å²) in [5.41, 5.74) is 1.67. The second-order valence-corrected chi connectivity index (χ2v) is 5.08. The van der Waals surface area contributed by atoms with E-state index in [0.29, 0.717) is 5.75 Å². The highest BCUT2D eigenvalue weighted by Crippen LogP contribution is 2.33. The molecule has 1 aromatic heterocycles. The van der Waals surface area contributed by atoms with Gasteiger partial charge in [0.25, 0.3) is 0 Å². The van der Waals surface area contributed by atoms with Gasteiger partial charge in [0, 0.05) is 0 Å². The van der Waals surface area contributed by atoms with E-state index in [4.69, 9.17) is 9.84 Å². The number of aliphatic hydroxyl groups is 1. The molecule has 0 spiro atoms. The Labute approximate surface area is 93.5 Å². The summed E-state index contributed by atoms with van der Waals surface area (Å²) < 4.78 is 7.03. The highest BCUT2D eigenvalue weighted by atomic mass is 79.9. The van der Waals surface area contributed by atoms with Crippen LogP contribution in [-0.2, 0) is 6.61 Å². The molecule has 0 fully saturated rings. The minimum absolute atomic E-state index is 0.0157. The Morgan fingerprint density at radius 2 is 2.36 bits per heavy atom. The maximum atomic E-state index is 9.04. The molecule has 0 aliphatic rings. The molecule has 0 atom stereocenters. The number of nitrogens with zero attached hydrogens (tertiary/aromatic N) is 1. The molecule has 0 radical (unpaired) electrons. The zero-order chi connectivity index (χ0) is 10.1. The molecule has 1 aromatic carbocycles. The molecule has 74 valence electrons. The van der Waals surface area contributed by atoms with Crippen LogP contribution in [0.25, 0.3) is 10.2 Å². The van der Waals surface area contributed by atoms with Gasteiger partial charge in [-0.25, -0.2) is 4.98 Å². The van der Waals surface area contributed by atoms with Crippen molar-refractivity contribution in [2.45, 2.75) is 6.61 Å². The normalized spacial score (nSPS) is 10.8. The van der Waals surface area contributed by atoms with E-state index in [2.05, 4.69) is 20.9 Å². The maximum Gasteiger partial charge on any atom is 0.160 e. The Balaban J connectivity index is 2.72. The SMILES string of the molecule is COc1cc(CO)cc2sc(Br)nc12. The average molecular weight is 274 g/mol. The Morgan fingerprint density at radius 1 is 1.57 bits per heavy atom. The minimum atomic E-state index is 0.0157. The lowest BCUT2D eigenvalue weighted by molar-refractivity contribution is 0.281. The average Bonchev–Trinajstić information content (AvgIpc) is 2.56. The van der Waals surface area contributed by atoms with Gasteiger partial charge >= 0.3 is 0 Å². The lowest BCUT2D eigenvalue weighted by Crippen LogP contribution is -1.88. The molecule has 1 heterocycles. The largest absolute Gasteiger partial charge is 0.494 e. The molecular weight excluding hydrogens is 266 g/mol. The standard InChI is InChI=1S/C9H8BrNO2S/c1-13-6-2-5(4-12)3-7-8(6)11-9(10)14-7/h2-3,12H,4H2,1H3. The number of thiazole rings is 1. The summed E-state index contributed by atoms with van der Waals surface area (Å²) >= 11 is 4.85. The second-order valence-electron chi connectivity index (χ2n) is 2.77. The summed E-state index contributed by atoms with van der Waals surface area (Å²) in [7, 11) is 1.60. The van der Waals surface area contributed by atoms with Crippen LogP contribution in [-0.4, -0.2) is 17.2 Å². The molecule has 0 saturated heterocycles. The van der Waals surface area contributed by atoms with Crippen molar-refractivity contribution >= 4 is 37.5 Å². The van der Waals surface area contributed by atoms with E-state index in [1.165, 1.54) is 11.3 Å². The molecule has 0 aliphatic carbocycles. The Bertz CT molecular complexity index is 469. The topological polar surface area (TPSA) is 42.4 Å². The molecule has 2 aromatic rings. The van der Waals surface area contributed by atoms with Crippen molar-refractivity contribution in [3.63, 3.8) is 0 Å². The third-order valence-electron chi connectivity index (χ3n) is 1.90. The molecule has 0 bridgehead atoms. The smallest absolute Gasteiger partial charge is 0.160 e. The zero-order valence-electron chi connectivity index (χ0n) is 7.45. The van der Waals surface area contributed by atoms with Gasteiger partial charge < -0.3 is 9.84 Å².